The predicted octanol–water partition coefficient (Wildman–Crippen LogP) is 0.493. The van der Waals surface area contributed by atoms with Crippen molar-refractivity contribution in [3.8, 4) is 0 Å². The molecule has 4 N–H and O–H groups in total. The van der Waals surface area contributed by atoms with Gasteiger partial charge < -0.3 is 16.2 Å². The Labute approximate surface area is 98.7 Å². The SMILES string of the molecule is CC(O)CCCNC(=O)c1csc(CN)n1. The number of rotatable bonds is 6. The second kappa shape index (κ2) is 6.57. The largest absolute Gasteiger partial charge is 0.393 e. The quantitative estimate of drug-likeness (QED) is 0.635. The van der Waals surface area contributed by atoms with Gasteiger partial charge in [0.25, 0.3) is 5.91 Å². The Balaban J connectivity index is 2.29. The molecule has 16 heavy (non-hydrogen) atoms. The monoisotopic (exact) mass is 243 g/mol. The van der Waals surface area contributed by atoms with Gasteiger partial charge >= 0.3 is 0 Å². The smallest absolute Gasteiger partial charge is 0.270 e. The second-order valence-electron chi connectivity index (χ2n) is 3.58. The normalized spacial score (nSPS) is 12.4. The molecule has 1 aromatic rings. The molecule has 0 saturated carbocycles. The van der Waals surface area contributed by atoms with E-state index < -0.39 is 0 Å². The van der Waals surface area contributed by atoms with Crippen LogP contribution in [0.15, 0.2) is 5.38 Å². The molecular formula is C10H17N3O2S. The van der Waals surface area contributed by atoms with Crippen LogP contribution in [0.3, 0.4) is 0 Å². The molecule has 1 rings (SSSR count). The van der Waals surface area contributed by atoms with Crippen molar-refractivity contribution in [1.29, 1.82) is 0 Å². The molecule has 0 saturated heterocycles. The van der Waals surface area contributed by atoms with Crippen molar-refractivity contribution in [2.75, 3.05) is 6.54 Å². The first-order valence-corrected chi connectivity index (χ1v) is 6.12. The van der Waals surface area contributed by atoms with Gasteiger partial charge in [0.05, 0.1) is 6.10 Å². The highest BCUT2D eigenvalue weighted by atomic mass is 32.1. The van der Waals surface area contributed by atoms with Gasteiger partial charge in [0.2, 0.25) is 0 Å². The molecule has 6 heteroatoms. The van der Waals surface area contributed by atoms with Crippen LogP contribution >= 0.6 is 11.3 Å². The van der Waals surface area contributed by atoms with Crippen LogP contribution in [0.4, 0.5) is 0 Å². The molecule has 1 atom stereocenters. The van der Waals surface area contributed by atoms with Crippen LogP contribution in [0, 0.1) is 0 Å². The number of aliphatic hydroxyl groups is 1. The predicted molar refractivity (Wildman–Crippen MR) is 63.3 cm³/mol. The highest BCUT2D eigenvalue weighted by Gasteiger charge is 2.09. The fourth-order valence-corrected chi connectivity index (χ4v) is 1.85. The van der Waals surface area contributed by atoms with Crippen molar-refractivity contribution in [3.05, 3.63) is 16.1 Å². The second-order valence-corrected chi connectivity index (χ2v) is 4.52. The molecule has 0 aromatic carbocycles. The van der Waals surface area contributed by atoms with Crippen LogP contribution in [0.5, 0.6) is 0 Å². The fourth-order valence-electron chi connectivity index (χ4n) is 1.20. The molecule has 0 aliphatic rings. The van der Waals surface area contributed by atoms with E-state index in [9.17, 15) is 4.79 Å². The minimum atomic E-state index is -0.319. The minimum absolute atomic E-state index is 0.179. The molecule has 0 aliphatic heterocycles. The lowest BCUT2D eigenvalue weighted by Crippen LogP contribution is -2.25. The molecule has 0 bridgehead atoms. The van der Waals surface area contributed by atoms with Crippen molar-refractivity contribution >= 4 is 17.2 Å². The van der Waals surface area contributed by atoms with Gasteiger partial charge in [0.1, 0.15) is 10.7 Å². The number of carbonyl (C=O) groups excluding carboxylic acids is 1. The first kappa shape index (κ1) is 13.1. The number of amides is 1. The lowest BCUT2D eigenvalue weighted by atomic mass is 10.2. The topological polar surface area (TPSA) is 88.2 Å². The van der Waals surface area contributed by atoms with Gasteiger partial charge in [-0.05, 0) is 19.8 Å². The fraction of sp³-hybridized carbons (Fsp3) is 0.600. The van der Waals surface area contributed by atoms with Gasteiger partial charge in [0, 0.05) is 18.5 Å². The Hall–Kier alpha value is -0.980. The Kier molecular flexibility index (Phi) is 5.37. The molecule has 0 aliphatic carbocycles. The number of hydrogen-bond donors (Lipinski definition) is 3. The van der Waals surface area contributed by atoms with Crippen molar-refractivity contribution in [1.82, 2.24) is 10.3 Å². The maximum atomic E-state index is 11.5. The molecular weight excluding hydrogens is 226 g/mol. The van der Waals surface area contributed by atoms with E-state index >= 15 is 0 Å². The summed E-state index contributed by atoms with van der Waals surface area (Å²) in [6.07, 6.45) is 1.13. The average Bonchev–Trinajstić information content (AvgIpc) is 2.72. The zero-order valence-electron chi connectivity index (χ0n) is 9.27. The number of aromatic nitrogens is 1. The molecule has 0 spiro atoms. The molecule has 1 heterocycles. The summed E-state index contributed by atoms with van der Waals surface area (Å²) in [6.45, 7) is 2.65. The van der Waals surface area contributed by atoms with Crippen LogP contribution in [0.1, 0.15) is 35.3 Å². The zero-order chi connectivity index (χ0) is 12.0. The molecule has 1 aromatic heterocycles. The third kappa shape index (κ3) is 4.26. The maximum absolute atomic E-state index is 11.5. The number of aliphatic hydroxyl groups excluding tert-OH is 1. The van der Waals surface area contributed by atoms with E-state index in [4.69, 9.17) is 10.8 Å². The van der Waals surface area contributed by atoms with E-state index in [1.54, 1.807) is 12.3 Å². The van der Waals surface area contributed by atoms with Crippen molar-refractivity contribution < 1.29 is 9.90 Å². The number of nitrogens with zero attached hydrogens (tertiary/aromatic N) is 1. The number of nitrogens with one attached hydrogen (secondary N) is 1. The highest BCUT2D eigenvalue weighted by Crippen LogP contribution is 2.08. The van der Waals surface area contributed by atoms with Crippen molar-refractivity contribution in [2.24, 2.45) is 5.73 Å². The van der Waals surface area contributed by atoms with Crippen LogP contribution in [-0.2, 0) is 6.54 Å². The summed E-state index contributed by atoms with van der Waals surface area (Å²) in [5, 5.41) is 14.2. The van der Waals surface area contributed by atoms with E-state index in [0.717, 1.165) is 11.4 Å². The first-order chi connectivity index (χ1) is 7.63. The summed E-state index contributed by atoms with van der Waals surface area (Å²) in [5.41, 5.74) is 5.83. The Morgan fingerprint density at radius 1 is 1.75 bits per heavy atom. The average molecular weight is 243 g/mol. The number of thiazole rings is 1. The Morgan fingerprint density at radius 3 is 3.06 bits per heavy atom. The highest BCUT2D eigenvalue weighted by molar-refractivity contribution is 7.09. The molecule has 0 fully saturated rings. The van der Waals surface area contributed by atoms with E-state index in [1.165, 1.54) is 11.3 Å². The standard InChI is InChI=1S/C10H17N3O2S/c1-7(14)3-2-4-12-10(15)8-6-16-9(5-11)13-8/h6-7,14H,2-5,11H2,1H3,(H,12,15). The van der Waals surface area contributed by atoms with Gasteiger partial charge in [-0.3, -0.25) is 4.79 Å². The lowest BCUT2D eigenvalue weighted by molar-refractivity contribution is 0.0945. The maximum Gasteiger partial charge on any atom is 0.270 e. The summed E-state index contributed by atoms with van der Waals surface area (Å²) in [6, 6.07) is 0. The summed E-state index contributed by atoms with van der Waals surface area (Å²) < 4.78 is 0. The van der Waals surface area contributed by atoms with E-state index in [-0.39, 0.29) is 12.0 Å². The number of hydrogen-bond acceptors (Lipinski definition) is 5. The van der Waals surface area contributed by atoms with Crippen LogP contribution in [-0.4, -0.2) is 28.6 Å². The van der Waals surface area contributed by atoms with Crippen molar-refractivity contribution in [3.63, 3.8) is 0 Å². The zero-order valence-corrected chi connectivity index (χ0v) is 10.1. The van der Waals surface area contributed by atoms with Crippen LogP contribution in [0.25, 0.3) is 0 Å². The van der Waals surface area contributed by atoms with Gasteiger partial charge in [-0.25, -0.2) is 4.98 Å². The third-order valence-electron chi connectivity index (χ3n) is 2.04. The van der Waals surface area contributed by atoms with E-state index in [1.807, 2.05) is 0 Å². The van der Waals surface area contributed by atoms with Gasteiger partial charge in [-0.15, -0.1) is 11.3 Å². The Bertz CT molecular complexity index is 339. The summed E-state index contributed by atoms with van der Waals surface area (Å²) in [4.78, 5) is 15.6. The summed E-state index contributed by atoms with van der Waals surface area (Å²) in [5.74, 6) is -0.179. The molecule has 0 radical (unpaired) electrons. The van der Waals surface area contributed by atoms with Crippen molar-refractivity contribution in [2.45, 2.75) is 32.4 Å². The Morgan fingerprint density at radius 2 is 2.50 bits per heavy atom. The summed E-state index contributed by atoms with van der Waals surface area (Å²) >= 11 is 1.39. The van der Waals surface area contributed by atoms with Gasteiger partial charge in [0.15, 0.2) is 0 Å². The molecule has 5 nitrogen and oxygen atoms in total. The number of nitrogens with two attached hydrogens (primary N) is 1. The van der Waals surface area contributed by atoms with Crippen LogP contribution < -0.4 is 11.1 Å². The van der Waals surface area contributed by atoms with Crippen LogP contribution in [0.2, 0.25) is 0 Å². The molecule has 1 amide bonds. The minimum Gasteiger partial charge on any atom is -0.393 e. The molecule has 1 unspecified atom stereocenters. The van der Waals surface area contributed by atoms with Gasteiger partial charge in [-0.1, -0.05) is 0 Å². The first-order valence-electron chi connectivity index (χ1n) is 5.24. The number of carbonyl (C=O) groups is 1. The van der Waals surface area contributed by atoms with Gasteiger partial charge in [-0.2, -0.15) is 0 Å². The van der Waals surface area contributed by atoms with E-state index in [2.05, 4.69) is 10.3 Å². The third-order valence-corrected chi connectivity index (χ3v) is 2.91. The lowest BCUT2D eigenvalue weighted by Gasteiger charge is -2.04. The summed E-state index contributed by atoms with van der Waals surface area (Å²) in [7, 11) is 0. The van der Waals surface area contributed by atoms with E-state index in [0.29, 0.717) is 25.2 Å². The molecule has 90 valence electrons.